The summed E-state index contributed by atoms with van der Waals surface area (Å²) >= 11 is 0. The van der Waals surface area contributed by atoms with Crippen LogP contribution < -0.4 is 5.73 Å². The van der Waals surface area contributed by atoms with Gasteiger partial charge in [0.25, 0.3) is 5.91 Å². The van der Waals surface area contributed by atoms with Crippen LogP contribution in [0.3, 0.4) is 0 Å². The van der Waals surface area contributed by atoms with Crippen molar-refractivity contribution in [3.8, 4) is 0 Å². The van der Waals surface area contributed by atoms with E-state index in [9.17, 15) is 9.59 Å². The average molecular weight is 159 g/mol. The second-order valence-corrected chi connectivity index (χ2v) is 2.68. The monoisotopic (exact) mass is 159 g/mol. The Morgan fingerprint density at radius 2 is 1.82 bits per heavy atom. The van der Waals surface area contributed by atoms with Crippen molar-refractivity contribution in [2.45, 2.75) is 26.9 Å². The van der Waals surface area contributed by atoms with E-state index in [2.05, 4.69) is 4.74 Å². The molecule has 0 aliphatic carbocycles. The minimum Gasteiger partial charge on any atom is -0.452 e. The predicted molar refractivity (Wildman–Crippen MR) is 39.6 cm³/mol. The molecule has 1 unspecified atom stereocenters. The quantitative estimate of drug-likeness (QED) is 0.592. The Kier molecular flexibility index (Phi) is 3.57. The van der Waals surface area contributed by atoms with Crippen LogP contribution in [0.25, 0.3) is 0 Å². The van der Waals surface area contributed by atoms with Crippen LogP contribution >= 0.6 is 0 Å². The van der Waals surface area contributed by atoms with Gasteiger partial charge in [-0.25, -0.2) is 0 Å². The summed E-state index contributed by atoms with van der Waals surface area (Å²) in [5, 5.41) is 0. The van der Waals surface area contributed by atoms with Crippen molar-refractivity contribution in [2.24, 2.45) is 11.7 Å². The molecule has 0 aromatic carbocycles. The summed E-state index contributed by atoms with van der Waals surface area (Å²) in [5.41, 5.74) is 4.97. The lowest BCUT2D eigenvalue weighted by Crippen LogP contribution is -2.36. The zero-order valence-electron chi connectivity index (χ0n) is 6.96. The molecule has 1 atom stereocenters. The molecule has 2 N–H and O–H groups in total. The number of carbonyl (C=O) groups is 2. The number of nitrogens with two attached hydrogens (primary N) is 1. The molecule has 0 fully saturated rings. The molecule has 11 heavy (non-hydrogen) atoms. The Bertz CT molecular complexity index is 165. The summed E-state index contributed by atoms with van der Waals surface area (Å²) in [4.78, 5) is 21.1. The summed E-state index contributed by atoms with van der Waals surface area (Å²) in [7, 11) is 0. The highest BCUT2D eigenvalue weighted by atomic mass is 16.5. The van der Waals surface area contributed by atoms with Crippen LogP contribution in [-0.2, 0) is 14.3 Å². The molecular weight excluding hydrogens is 146 g/mol. The number of hydrogen-bond donors (Lipinski definition) is 1. The van der Waals surface area contributed by atoms with Gasteiger partial charge in [0, 0.05) is 6.92 Å². The summed E-state index contributed by atoms with van der Waals surface area (Å²) in [5.74, 6) is -1.16. The van der Waals surface area contributed by atoms with E-state index in [0.717, 1.165) is 0 Å². The minimum absolute atomic E-state index is 0.0728. The molecule has 0 saturated carbocycles. The van der Waals surface area contributed by atoms with E-state index in [-0.39, 0.29) is 5.92 Å². The Morgan fingerprint density at radius 3 is 1.91 bits per heavy atom. The number of carbonyl (C=O) groups excluding carboxylic acids is 2. The van der Waals surface area contributed by atoms with E-state index in [1.54, 1.807) is 13.8 Å². The van der Waals surface area contributed by atoms with Gasteiger partial charge in [0.2, 0.25) is 0 Å². The SMILES string of the molecule is CC(=O)OC(C(N)=O)C(C)C. The number of primary amides is 1. The lowest BCUT2D eigenvalue weighted by atomic mass is 10.1. The maximum atomic E-state index is 10.6. The van der Waals surface area contributed by atoms with Crippen LogP contribution in [0.1, 0.15) is 20.8 Å². The third-order valence-electron chi connectivity index (χ3n) is 1.18. The van der Waals surface area contributed by atoms with Gasteiger partial charge < -0.3 is 10.5 Å². The Balaban J connectivity index is 4.12. The lowest BCUT2D eigenvalue weighted by Gasteiger charge is -2.16. The first kappa shape index (κ1) is 9.94. The summed E-state index contributed by atoms with van der Waals surface area (Å²) < 4.78 is 4.66. The summed E-state index contributed by atoms with van der Waals surface area (Å²) in [6, 6.07) is 0. The molecule has 1 amide bonds. The minimum atomic E-state index is -0.799. The van der Waals surface area contributed by atoms with E-state index < -0.39 is 18.0 Å². The van der Waals surface area contributed by atoms with Gasteiger partial charge in [-0.3, -0.25) is 9.59 Å². The highest BCUT2D eigenvalue weighted by molar-refractivity contribution is 5.81. The molecule has 0 aliphatic rings. The molecule has 64 valence electrons. The fraction of sp³-hybridized carbons (Fsp3) is 0.714. The van der Waals surface area contributed by atoms with Gasteiger partial charge in [-0.15, -0.1) is 0 Å². The van der Waals surface area contributed by atoms with Gasteiger partial charge >= 0.3 is 5.97 Å². The second kappa shape index (κ2) is 3.95. The van der Waals surface area contributed by atoms with E-state index in [1.165, 1.54) is 6.92 Å². The largest absolute Gasteiger partial charge is 0.452 e. The standard InChI is InChI=1S/C7H13NO3/c1-4(2)6(7(8)10)11-5(3)9/h4,6H,1-3H3,(H2,8,10). The first-order valence-corrected chi connectivity index (χ1v) is 3.41. The van der Waals surface area contributed by atoms with E-state index in [1.807, 2.05) is 0 Å². The Labute approximate surface area is 65.7 Å². The molecule has 4 heteroatoms. The third-order valence-corrected chi connectivity index (χ3v) is 1.18. The molecule has 0 heterocycles. The zero-order chi connectivity index (χ0) is 9.02. The van der Waals surface area contributed by atoms with Gasteiger partial charge in [-0.1, -0.05) is 13.8 Å². The highest BCUT2D eigenvalue weighted by Gasteiger charge is 2.21. The van der Waals surface area contributed by atoms with E-state index in [0.29, 0.717) is 0 Å². The zero-order valence-corrected chi connectivity index (χ0v) is 6.96. The number of esters is 1. The van der Waals surface area contributed by atoms with Gasteiger partial charge in [0.15, 0.2) is 6.10 Å². The van der Waals surface area contributed by atoms with Crippen LogP contribution in [0.4, 0.5) is 0 Å². The molecule has 4 nitrogen and oxygen atoms in total. The molecule has 0 spiro atoms. The van der Waals surface area contributed by atoms with E-state index in [4.69, 9.17) is 5.73 Å². The van der Waals surface area contributed by atoms with Crippen LogP contribution in [-0.4, -0.2) is 18.0 Å². The molecule has 0 saturated heterocycles. The molecule has 0 aromatic rings. The van der Waals surface area contributed by atoms with Crippen molar-refractivity contribution in [3.63, 3.8) is 0 Å². The number of hydrogen-bond acceptors (Lipinski definition) is 3. The normalized spacial score (nSPS) is 12.7. The Hall–Kier alpha value is -1.06. The van der Waals surface area contributed by atoms with Crippen LogP contribution in [0.15, 0.2) is 0 Å². The molecule has 0 bridgehead atoms. The van der Waals surface area contributed by atoms with Gasteiger partial charge in [-0.05, 0) is 5.92 Å². The van der Waals surface area contributed by atoms with Gasteiger partial charge in [0.05, 0.1) is 0 Å². The van der Waals surface area contributed by atoms with Crippen LogP contribution in [0.2, 0.25) is 0 Å². The summed E-state index contributed by atoms with van der Waals surface area (Å²) in [6.07, 6.45) is -0.799. The average Bonchev–Trinajstić information content (AvgIpc) is 1.81. The molecular formula is C7H13NO3. The third kappa shape index (κ3) is 3.60. The molecule has 0 rings (SSSR count). The summed E-state index contributed by atoms with van der Waals surface area (Å²) in [6.45, 7) is 4.77. The maximum Gasteiger partial charge on any atom is 0.303 e. The fourth-order valence-corrected chi connectivity index (χ4v) is 0.701. The second-order valence-electron chi connectivity index (χ2n) is 2.68. The van der Waals surface area contributed by atoms with Gasteiger partial charge in [-0.2, -0.15) is 0 Å². The molecule has 0 aliphatic heterocycles. The Morgan fingerprint density at radius 1 is 1.36 bits per heavy atom. The van der Waals surface area contributed by atoms with Crippen molar-refractivity contribution >= 4 is 11.9 Å². The van der Waals surface area contributed by atoms with Crippen molar-refractivity contribution in [1.29, 1.82) is 0 Å². The number of rotatable bonds is 3. The number of ether oxygens (including phenoxy) is 1. The lowest BCUT2D eigenvalue weighted by molar-refractivity contribution is -0.155. The first-order chi connectivity index (χ1) is 4.95. The van der Waals surface area contributed by atoms with Crippen LogP contribution in [0.5, 0.6) is 0 Å². The maximum absolute atomic E-state index is 10.6. The van der Waals surface area contributed by atoms with Gasteiger partial charge in [0.1, 0.15) is 0 Å². The van der Waals surface area contributed by atoms with Crippen molar-refractivity contribution < 1.29 is 14.3 Å². The smallest absolute Gasteiger partial charge is 0.303 e. The topological polar surface area (TPSA) is 69.4 Å². The highest BCUT2D eigenvalue weighted by Crippen LogP contribution is 2.05. The molecule has 0 aromatic heterocycles. The predicted octanol–water partition coefficient (Wildman–Crippen LogP) is 0.0594. The van der Waals surface area contributed by atoms with Crippen molar-refractivity contribution in [2.75, 3.05) is 0 Å². The van der Waals surface area contributed by atoms with Crippen LogP contribution in [0, 0.1) is 5.92 Å². The van der Waals surface area contributed by atoms with Crippen molar-refractivity contribution in [3.05, 3.63) is 0 Å². The molecule has 0 radical (unpaired) electrons. The fourth-order valence-electron chi connectivity index (χ4n) is 0.701. The van der Waals surface area contributed by atoms with E-state index >= 15 is 0 Å². The van der Waals surface area contributed by atoms with Crippen molar-refractivity contribution in [1.82, 2.24) is 0 Å². The number of amides is 1. The first-order valence-electron chi connectivity index (χ1n) is 3.41.